The molecule has 0 aliphatic heterocycles. The van der Waals surface area contributed by atoms with E-state index < -0.39 is 0 Å². The van der Waals surface area contributed by atoms with E-state index in [1.165, 1.54) is 0 Å². The summed E-state index contributed by atoms with van der Waals surface area (Å²) in [6.07, 6.45) is 2.78. The largest absolute Gasteiger partial charge is 0.336 e. The highest BCUT2D eigenvalue weighted by Gasteiger charge is 2.09. The summed E-state index contributed by atoms with van der Waals surface area (Å²) in [5, 5.41) is 0. The van der Waals surface area contributed by atoms with Crippen LogP contribution < -0.4 is 5.73 Å². The molecule has 1 atom stereocenters. The molecule has 0 fully saturated rings. The van der Waals surface area contributed by atoms with E-state index in [4.69, 9.17) is 5.73 Å². The topological polar surface area (TPSA) is 54.7 Å². The highest BCUT2D eigenvalue weighted by atomic mass is 79.9. The Hall–Kier alpha value is -0.350. The molecule has 0 aromatic carbocycles. The van der Waals surface area contributed by atoms with Gasteiger partial charge in [-0.15, -0.1) is 0 Å². The molecule has 0 spiro atoms. The molecule has 1 aromatic heterocycles. The molecule has 0 saturated carbocycles. The predicted molar refractivity (Wildman–Crippen MR) is 48.4 cm³/mol. The summed E-state index contributed by atoms with van der Waals surface area (Å²) in [4.78, 5) is 7.28. The molecule has 0 radical (unpaired) electrons. The second kappa shape index (κ2) is 3.88. The van der Waals surface area contributed by atoms with Crippen molar-refractivity contribution in [3.63, 3.8) is 0 Å². The number of nitrogens with zero attached hydrogens (tertiary/aromatic N) is 1. The average Bonchev–Trinajstić information content (AvgIpc) is 2.39. The van der Waals surface area contributed by atoms with Gasteiger partial charge in [-0.1, -0.05) is 6.92 Å². The van der Waals surface area contributed by atoms with Gasteiger partial charge in [0.25, 0.3) is 0 Å². The first-order valence-electron chi connectivity index (χ1n) is 3.68. The number of H-pyrrole nitrogens is 1. The molecule has 1 unspecified atom stereocenters. The van der Waals surface area contributed by atoms with Crippen LogP contribution in [0.15, 0.2) is 10.8 Å². The number of halogens is 1. The molecule has 1 rings (SSSR count). The van der Waals surface area contributed by atoms with Gasteiger partial charge in [0.15, 0.2) is 0 Å². The zero-order valence-electron chi connectivity index (χ0n) is 6.47. The molecule has 0 saturated heterocycles. The van der Waals surface area contributed by atoms with Crippen LogP contribution in [0.1, 0.15) is 25.1 Å². The predicted octanol–water partition coefficient (Wildman–Crippen LogP) is 1.62. The normalized spacial score (nSPS) is 13.4. The fourth-order valence-corrected chi connectivity index (χ4v) is 1.30. The second-order valence-electron chi connectivity index (χ2n) is 2.46. The first-order chi connectivity index (χ1) is 5.27. The molecule has 62 valence electrons. The zero-order valence-corrected chi connectivity index (χ0v) is 8.06. The SMILES string of the molecule is CCC(CN)c1ncc(Br)[nH]1. The summed E-state index contributed by atoms with van der Waals surface area (Å²) in [5.74, 6) is 1.34. The van der Waals surface area contributed by atoms with E-state index in [1.54, 1.807) is 6.20 Å². The minimum Gasteiger partial charge on any atom is -0.336 e. The molecule has 11 heavy (non-hydrogen) atoms. The van der Waals surface area contributed by atoms with E-state index in [9.17, 15) is 0 Å². The molecule has 0 aliphatic rings. The molecular weight excluding hydrogens is 206 g/mol. The third-order valence-corrected chi connectivity index (χ3v) is 2.13. The molecule has 1 heterocycles. The summed E-state index contributed by atoms with van der Waals surface area (Å²) in [6, 6.07) is 0. The number of aromatic nitrogens is 2. The Balaban J connectivity index is 2.73. The van der Waals surface area contributed by atoms with Crippen LogP contribution in [0, 0.1) is 0 Å². The highest BCUT2D eigenvalue weighted by molar-refractivity contribution is 9.10. The van der Waals surface area contributed by atoms with Crippen LogP contribution >= 0.6 is 15.9 Å². The minimum absolute atomic E-state index is 0.362. The van der Waals surface area contributed by atoms with E-state index in [-0.39, 0.29) is 0 Å². The molecule has 1 aromatic rings. The molecule has 0 amide bonds. The number of aromatic amines is 1. The quantitative estimate of drug-likeness (QED) is 0.809. The van der Waals surface area contributed by atoms with Crippen molar-refractivity contribution >= 4 is 15.9 Å². The summed E-state index contributed by atoms with van der Waals surface area (Å²) in [7, 11) is 0. The van der Waals surface area contributed by atoms with Crippen LogP contribution in [0.2, 0.25) is 0 Å². The Morgan fingerprint density at radius 2 is 2.55 bits per heavy atom. The summed E-state index contributed by atoms with van der Waals surface area (Å²) >= 11 is 3.30. The fraction of sp³-hybridized carbons (Fsp3) is 0.571. The molecule has 4 heteroatoms. The summed E-state index contributed by atoms with van der Waals surface area (Å²) in [6.45, 7) is 2.75. The smallest absolute Gasteiger partial charge is 0.111 e. The van der Waals surface area contributed by atoms with Gasteiger partial charge in [0, 0.05) is 12.5 Å². The third kappa shape index (κ3) is 2.04. The van der Waals surface area contributed by atoms with Crippen LogP contribution in [-0.2, 0) is 0 Å². The van der Waals surface area contributed by atoms with Crippen molar-refractivity contribution in [2.45, 2.75) is 19.3 Å². The lowest BCUT2D eigenvalue weighted by molar-refractivity contribution is 0.638. The molecule has 0 bridgehead atoms. The van der Waals surface area contributed by atoms with Gasteiger partial charge < -0.3 is 10.7 Å². The van der Waals surface area contributed by atoms with Gasteiger partial charge in [0.2, 0.25) is 0 Å². The standard InChI is InChI=1S/C7H12BrN3/c1-2-5(3-9)7-10-4-6(8)11-7/h4-5H,2-3,9H2,1H3,(H,10,11). The Kier molecular flexibility index (Phi) is 3.08. The maximum atomic E-state index is 5.55. The van der Waals surface area contributed by atoms with E-state index in [2.05, 4.69) is 32.8 Å². The molecular formula is C7H12BrN3. The van der Waals surface area contributed by atoms with E-state index >= 15 is 0 Å². The van der Waals surface area contributed by atoms with Gasteiger partial charge in [-0.05, 0) is 22.4 Å². The Bertz CT molecular complexity index is 217. The number of imidazole rings is 1. The van der Waals surface area contributed by atoms with E-state index in [0.29, 0.717) is 12.5 Å². The zero-order chi connectivity index (χ0) is 8.27. The maximum Gasteiger partial charge on any atom is 0.111 e. The number of rotatable bonds is 3. The fourth-order valence-electron chi connectivity index (χ4n) is 0.992. The minimum atomic E-state index is 0.362. The lowest BCUT2D eigenvalue weighted by atomic mass is 10.1. The van der Waals surface area contributed by atoms with Crippen LogP contribution in [0.4, 0.5) is 0 Å². The Morgan fingerprint density at radius 3 is 2.91 bits per heavy atom. The van der Waals surface area contributed by atoms with Crippen molar-refractivity contribution in [1.29, 1.82) is 0 Å². The van der Waals surface area contributed by atoms with Crippen molar-refractivity contribution in [2.24, 2.45) is 5.73 Å². The number of nitrogens with two attached hydrogens (primary N) is 1. The van der Waals surface area contributed by atoms with Gasteiger partial charge >= 0.3 is 0 Å². The summed E-state index contributed by atoms with van der Waals surface area (Å²) in [5.41, 5.74) is 5.55. The maximum absolute atomic E-state index is 5.55. The Labute approximate surface area is 74.5 Å². The van der Waals surface area contributed by atoms with Crippen LogP contribution in [-0.4, -0.2) is 16.5 Å². The van der Waals surface area contributed by atoms with Crippen molar-refractivity contribution in [1.82, 2.24) is 9.97 Å². The lowest BCUT2D eigenvalue weighted by Crippen LogP contribution is -2.12. The number of hydrogen-bond acceptors (Lipinski definition) is 2. The van der Waals surface area contributed by atoms with Crippen molar-refractivity contribution in [3.05, 3.63) is 16.6 Å². The van der Waals surface area contributed by atoms with Crippen molar-refractivity contribution in [2.75, 3.05) is 6.54 Å². The monoisotopic (exact) mass is 217 g/mol. The Morgan fingerprint density at radius 1 is 1.82 bits per heavy atom. The van der Waals surface area contributed by atoms with Crippen molar-refractivity contribution in [3.8, 4) is 0 Å². The molecule has 3 nitrogen and oxygen atoms in total. The number of nitrogens with one attached hydrogen (secondary N) is 1. The third-order valence-electron chi connectivity index (χ3n) is 1.73. The first kappa shape index (κ1) is 8.74. The van der Waals surface area contributed by atoms with Gasteiger partial charge in [-0.2, -0.15) is 0 Å². The van der Waals surface area contributed by atoms with Crippen LogP contribution in [0.3, 0.4) is 0 Å². The molecule has 0 aliphatic carbocycles. The second-order valence-corrected chi connectivity index (χ2v) is 3.31. The van der Waals surface area contributed by atoms with Crippen LogP contribution in [0.25, 0.3) is 0 Å². The highest BCUT2D eigenvalue weighted by Crippen LogP contribution is 2.16. The summed E-state index contributed by atoms with van der Waals surface area (Å²) < 4.78 is 0.916. The van der Waals surface area contributed by atoms with Crippen LogP contribution in [0.5, 0.6) is 0 Å². The van der Waals surface area contributed by atoms with Gasteiger partial charge in [0.05, 0.1) is 6.20 Å². The van der Waals surface area contributed by atoms with E-state index in [1.807, 2.05) is 0 Å². The van der Waals surface area contributed by atoms with Gasteiger partial charge in [-0.25, -0.2) is 4.98 Å². The van der Waals surface area contributed by atoms with E-state index in [0.717, 1.165) is 16.8 Å². The van der Waals surface area contributed by atoms with Gasteiger partial charge in [-0.3, -0.25) is 0 Å². The molecule has 3 N–H and O–H groups in total. The van der Waals surface area contributed by atoms with Crippen molar-refractivity contribution < 1.29 is 0 Å². The number of hydrogen-bond donors (Lipinski definition) is 2. The van der Waals surface area contributed by atoms with Gasteiger partial charge in [0.1, 0.15) is 10.4 Å². The lowest BCUT2D eigenvalue weighted by Gasteiger charge is -2.07. The first-order valence-corrected chi connectivity index (χ1v) is 4.47. The average molecular weight is 218 g/mol.